The summed E-state index contributed by atoms with van der Waals surface area (Å²) in [4.78, 5) is 0. The van der Waals surface area contributed by atoms with E-state index in [4.69, 9.17) is 5.73 Å². The smallest absolute Gasteiger partial charge is 0.388 e. The van der Waals surface area contributed by atoms with Crippen LogP contribution in [-0.4, -0.2) is 17.3 Å². The van der Waals surface area contributed by atoms with Crippen LogP contribution in [0.2, 0.25) is 0 Å². The lowest BCUT2D eigenvalue weighted by Gasteiger charge is -2.31. The van der Waals surface area contributed by atoms with Gasteiger partial charge in [0.25, 0.3) is 0 Å². The van der Waals surface area contributed by atoms with E-state index in [9.17, 15) is 18.3 Å². The maximum Gasteiger partial charge on any atom is 0.416 e. The van der Waals surface area contributed by atoms with E-state index in [1.165, 1.54) is 6.07 Å². The van der Waals surface area contributed by atoms with Crippen LogP contribution in [0.3, 0.4) is 0 Å². The van der Waals surface area contributed by atoms with Gasteiger partial charge in [0.15, 0.2) is 0 Å². The first-order valence-electron chi connectivity index (χ1n) is 5.77. The van der Waals surface area contributed by atoms with Crippen LogP contribution in [0.25, 0.3) is 0 Å². The van der Waals surface area contributed by atoms with Gasteiger partial charge in [0.05, 0.1) is 11.2 Å². The molecule has 5 heteroatoms. The molecular weight excluding hydrogens is 243 g/mol. The first-order valence-corrected chi connectivity index (χ1v) is 5.77. The molecule has 0 amide bonds. The largest absolute Gasteiger partial charge is 0.416 e. The molecule has 0 radical (unpaired) electrons. The molecule has 0 heterocycles. The Balaban J connectivity index is 2.98. The van der Waals surface area contributed by atoms with E-state index in [2.05, 4.69) is 0 Å². The highest BCUT2D eigenvalue weighted by molar-refractivity contribution is 5.27. The normalized spacial score (nSPS) is 15.8. The van der Waals surface area contributed by atoms with Crippen LogP contribution in [-0.2, 0) is 12.6 Å². The average molecular weight is 261 g/mol. The second-order valence-electron chi connectivity index (χ2n) is 4.84. The molecule has 102 valence electrons. The maximum absolute atomic E-state index is 12.6. The summed E-state index contributed by atoms with van der Waals surface area (Å²) in [7, 11) is 0. The molecule has 1 aromatic carbocycles. The van der Waals surface area contributed by atoms with Gasteiger partial charge in [0.1, 0.15) is 0 Å². The molecule has 0 aliphatic rings. The Bertz CT molecular complexity index is 403. The van der Waals surface area contributed by atoms with Gasteiger partial charge in [-0.3, -0.25) is 0 Å². The fourth-order valence-corrected chi connectivity index (χ4v) is 1.72. The highest BCUT2D eigenvalue weighted by Gasteiger charge is 2.33. The molecule has 1 aromatic rings. The van der Waals surface area contributed by atoms with Crippen molar-refractivity contribution in [2.24, 2.45) is 11.7 Å². The number of nitrogens with two attached hydrogens (primary N) is 1. The summed E-state index contributed by atoms with van der Waals surface area (Å²) >= 11 is 0. The Morgan fingerprint density at radius 3 is 2.33 bits per heavy atom. The summed E-state index contributed by atoms with van der Waals surface area (Å²) in [5, 5.41) is 10.2. The predicted octanol–water partition coefficient (Wildman–Crippen LogP) is 2.59. The van der Waals surface area contributed by atoms with E-state index in [1.54, 1.807) is 19.9 Å². The van der Waals surface area contributed by atoms with Crippen LogP contribution in [0.4, 0.5) is 13.2 Å². The molecular formula is C13H18F3NO. The monoisotopic (exact) mass is 261 g/mol. The van der Waals surface area contributed by atoms with Crippen LogP contribution >= 0.6 is 0 Å². The fraction of sp³-hybridized carbons (Fsp3) is 0.538. The zero-order valence-electron chi connectivity index (χ0n) is 10.5. The van der Waals surface area contributed by atoms with E-state index in [0.717, 1.165) is 12.1 Å². The summed E-state index contributed by atoms with van der Waals surface area (Å²) < 4.78 is 37.7. The number of rotatable bonds is 4. The summed E-state index contributed by atoms with van der Waals surface area (Å²) in [5.74, 6) is -0.128. The van der Waals surface area contributed by atoms with Crippen LogP contribution in [0.5, 0.6) is 0 Å². The van der Waals surface area contributed by atoms with Crippen molar-refractivity contribution in [1.82, 2.24) is 0 Å². The summed E-state index contributed by atoms with van der Waals surface area (Å²) in [6.45, 7) is 3.60. The maximum atomic E-state index is 12.6. The standard InChI is InChI=1S/C13H18F3NO/c1-9(2)12(18,8-17)7-10-4-3-5-11(6-10)13(14,15)16/h3-6,9,18H,7-8,17H2,1-2H3. The summed E-state index contributed by atoms with van der Waals surface area (Å²) in [5.41, 5.74) is 4.06. The van der Waals surface area contributed by atoms with E-state index < -0.39 is 17.3 Å². The lowest BCUT2D eigenvalue weighted by atomic mass is 9.84. The van der Waals surface area contributed by atoms with Gasteiger partial charge in [-0.2, -0.15) is 13.2 Å². The molecule has 0 saturated heterocycles. The number of hydrogen-bond donors (Lipinski definition) is 2. The molecule has 0 spiro atoms. The second kappa shape index (κ2) is 5.28. The molecule has 18 heavy (non-hydrogen) atoms. The lowest BCUT2D eigenvalue weighted by molar-refractivity contribution is -0.137. The SMILES string of the molecule is CC(C)C(O)(CN)Cc1cccc(C(F)(F)F)c1. The van der Waals surface area contributed by atoms with Crippen molar-refractivity contribution in [2.45, 2.75) is 32.0 Å². The van der Waals surface area contributed by atoms with Crippen molar-refractivity contribution in [2.75, 3.05) is 6.54 Å². The summed E-state index contributed by atoms with van der Waals surface area (Å²) in [6.07, 6.45) is -4.25. The third-order valence-corrected chi connectivity index (χ3v) is 3.19. The third-order valence-electron chi connectivity index (χ3n) is 3.19. The van der Waals surface area contributed by atoms with E-state index in [0.29, 0.717) is 5.56 Å². The minimum Gasteiger partial charge on any atom is -0.388 e. The minimum atomic E-state index is -4.37. The number of alkyl halides is 3. The highest BCUT2D eigenvalue weighted by Crippen LogP contribution is 2.30. The van der Waals surface area contributed by atoms with Crippen molar-refractivity contribution < 1.29 is 18.3 Å². The molecule has 2 nitrogen and oxygen atoms in total. The molecule has 3 N–H and O–H groups in total. The van der Waals surface area contributed by atoms with Gasteiger partial charge >= 0.3 is 6.18 Å². The van der Waals surface area contributed by atoms with E-state index >= 15 is 0 Å². The quantitative estimate of drug-likeness (QED) is 0.875. The van der Waals surface area contributed by atoms with Gasteiger partial charge in [-0.05, 0) is 17.5 Å². The molecule has 1 atom stereocenters. The minimum absolute atomic E-state index is 0.0148. The highest BCUT2D eigenvalue weighted by atomic mass is 19.4. The molecule has 0 fully saturated rings. The zero-order valence-corrected chi connectivity index (χ0v) is 10.5. The Morgan fingerprint density at radius 1 is 1.28 bits per heavy atom. The molecule has 0 aliphatic carbocycles. The molecule has 0 aliphatic heterocycles. The zero-order chi connectivity index (χ0) is 14.0. The fourth-order valence-electron chi connectivity index (χ4n) is 1.72. The Kier molecular flexibility index (Phi) is 4.40. The van der Waals surface area contributed by atoms with Gasteiger partial charge in [-0.25, -0.2) is 0 Å². The second-order valence-corrected chi connectivity index (χ2v) is 4.84. The van der Waals surface area contributed by atoms with Crippen LogP contribution in [0, 0.1) is 5.92 Å². The van der Waals surface area contributed by atoms with E-state index in [-0.39, 0.29) is 18.9 Å². The van der Waals surface area contributed by atoms with Crippen molar-refractivity contribution >= 4 is 0 Å². The van der Waals surface area contributed by atoms with Crippen molar-refractivity contribution in [3.05, 3.63) is 35.4 Å². The van der Waals surface area contributed by atoms with Crippen LogP contribution in [0.1, 0.15) is 25.0 Å². The molecule has 1 rings (SSSR count). The van der Waals surface area contributed by atoms with Crippen LogP contribution in [0.15, 0.2) is 24.3 Å². The molecule has 0 bridgehead atoms. The predicted molar refractivity (Wildman–Crippen MR) is 64.0 cm³/mol. The Labute approximate surface area is 105 Å². The van der Waals surface area contributed by atoms with Gasteiger partial charge in [0, 0.05) is 13.0 Å². The number of halogens is 3. The Morgan fingerprint density at radius 2 is 1.89 bits per heavy atom. The topological polar surface area (TPSA) is 46.2 Å². The first-order chi connectivity index (χ1) is 8.19. The lowest BCUT2D eigenvalue weighted by Crippen LogP contribution is -2.44. The van der Waals surface area contributed by atoms with Gasteiger partial charge in [-0.15, -0.1) is 0 Å². The van der Waals surface area contributed by atoms with E-state index in [1.807, 2.05) is 0 Å². The first kappa shape index (κ1) is 15.0. The number of hydrogen-bond acceptors (Lipinski definition) is 2. The average Bonchev–Trinajstić information content (AvgIpc) is 2.28. The third kappa shape index (κ3) is 3.46. The van der Waals surface area contributed by atoms with Crippen LogP contribution < -0.4 is 5.73 Å². The number of benzene rings is 1. The van der Waals surface area contributed by atoms with Crippen molar-refractivity contribution in [1.29, 1.82) is 0 Å². The van der Waals surface area contributed by atoms with Gasteiger partial charge in [-0.1, -0.05) is 32.0 Å². The molecule has 0 saturated carbocycles. The summed E-state index contributed by atoms with van der Waals surface area (Å²) in [6, 6.07) is 4.98. The van der Waals surface area contributed by atoms with Gasteiger partial charge < -0.3 is 10.8 Å². The Hall–Kier alpha value is -1.07. The molecule has 0 aromatic heterocycles. The van der Waals surface area contributed by atoms with Crippen molar-refractivity contribution in [3.8, 4) is 0 Å². The molecule has 1 unspecified atom stereocenters. The van der Waals surface area contributed by atoms with Crippen molar-refractivity contribution in [3.63, 3.8) is 0 Å². The number of aliphatic hydroxyl groups is 1. The van der Waals surface area contributed by atoms with Gasteiger partial charge in [0.2, 0.25) is 0 Å².